The number of aliphatic hydroxyl groups excluding tert-OH is 1. The summed E-state index contributed by atoms with van der Waals surface area (Å²) >= 11 is 3.54. The molecule has 0 radical (unpaired) electrons. The molecule has 2 heterocycles. The van der Waals surface area contributed by atoms with E-state index in [0.717, 1.165) is 40.2 Å². The molecule has 5 rings (SSSR count). The third kappa shape index (κ3) is 5.86. The van der Waals surface area contributed by atoms with Crippen LogP contribution >= 0.6 is 15.9 Å². The summed E-state index contributed by atoms with van der Waals surface area (Å²) in [5.74, 6) is 1.15. The lowest BCUT2D eigenvalue weighted by atomic mass is 9.75. The number of nitrogens with zero attached hydrogens (tertiary/aromatic N) is 4. The largest absolute Gasteiger partial charge is 0.387 e. The number of carbonyl (C=O) groups excluding carboxylic acids is 1. The zero-order valence-electron chi connectivity index (χ0n) is 22.3. The number of piperazine rings is 1. The third-order valence-corrected chi connectivity index (χ3v) is 9.22. The number of benzene rings is 1. The number of hydrogen-bond acceptors (Lipinski definition) is 6. The van der Waals surface area contributed by atoms with Gasteiger partial charge in [0.25, 0.3) is 0 Å². The van der Waals surface area contributed by atoms with Crippen LogP contribution in [0.5, 0.6) is 0 Å². The number of nitrogens with one attached hydrogen (secondary N) is 1. The second kappa shape index (κ2) is 11.0. The quantitative estimate of drug-likeness (QED) is 0.521. The van der Waals surface area contributed by atoms with Crippen LogP contribution in [-0.4, -0.2) is 64.6 Å². The molecule has 0 spiro atoms. The Kier molecular flexibility index (Phi) is 7.89. The van der Waals surface area contributed by atoms with Gasteiger partial charge >= 0.3 is 0 Å². The van der Waals surface area contributed by atoms with Crippen LogP contribution in [0.2, 0.25) is 0 Å². The molecule has 7 nitrogen and oxygen atoms in total. The van der Waals surface area contributed by atoms with Gasteiger partial charge in [-0.2, -0.15) is 0 Å². The van der Waals surface area contributed by atoms with Gasteiger partial charge in [0.2, 0.25) is 5.91 Å². The summed E-state index contributed by atoms with van der Waals surface area (Å²) in [6, 6.07) is 8.69. The summed E-state index contributed by atoms with van der Waals surface area (Å²) < 4.78 is 1.02. The maximum atomic E-state index is 13.9. The van der Waals surface area contributed by atoms with Crippen molar-refractivity contribution in [3.05, 3.63) is 51.9 Å². The Morgan fingerprint density at radius 2 is 1.81 bits per heavy atom. The van der Waals surface area contributed by atoms with Gasteiger partial charge < -0.3 is 20.2 Å². The SMILES string of the molecule is C[C@@H]1C[C@@H](O)c2ncnc(N3CCN(C(=O)C(CNC4CCC(C)(C)CC4)c4ccc(Br)cc4)CC3)c21. The zero-order valence-corrected chi connectivity index (χ0v) is 23.9. The number of anilines is 1. The van der Waals surface area contributed by atoms with Crippen molar-refractivity contribution in [2.45, 2.75) is 76.9 Å². The van der Waals surface area contributed by atoms with Crippen molar-refractivity contribution in [2.75, 3.05) is 37.6 Å². The average molecular weight is 571 g/mol. The van der Waals surface area contributed by atoms with E-state index in [1.807, 2.05) is 17.0 Å². The van der Waals surface area contributed by atoms with Gasteiger partial charge in [0.1, 0.15) is 12.1 Å². The summed E-state index contributed by atoms with van der Waals surface area (Å²) in [6.07, 6.45) is 6.54. The molecule has 8 heteroatoms. The van der Waals surface area contributed by atoms with Crippen molar-refractivity contribution in [3.63, 3.8) is 0 Å². The minimum atomic E-state index is -0.510. The van der Waals surface area contributed by atoms with Crippen LogP contribution in [0.3, 0.4) is 0 Å². The van der Waals surface area contributed by atoms with E-state index in [4.69, 9.17) is 0 Å². The number of rotatable bonds is 6. The van der Waals surface area contributed by atoms with E-state index in [1.54, 1.807) is 6.33 Å². The first-order valence-electron chi connectivity index (χ1n) is 13.8. The number of aliphatic hydroxyl groups is 1. The monoisotopic (exact) mass is 569 g/mol. The van der Waals surface area contributed by atoms with E-state index in [0.29, 0.717) is 37.5 Å². The highest BCUT2D eigenvalue weighted by atomic mass is 79.9. The molecule has 1 aromatic carbocycles. The van der Waals surface area contributed by atoms with Crippen LogP contribution in [0, 0.1) is 5.41 Å². The molecule has 200 valence electrons. The van der Waals surface area contributed by atoms with Gasteiger partial charge in [-0.3, -0.25) is 4.79 Å². The van der Waals surface area contributed by atoms with E-state index >= 15 is 0 Å². The third-order valence-electron chi connectivity index (χ3n) is 8.69. The van der Waals surface area contributed by atoms with Crippen molar-refractivity contribution < 1.29 is 9.90 Å². The van der Waals surface area contributed by atoms with E-state index in [2.05, 4.69) is 69.0 Å². The minimum absolute atomic E-state index is 0.197. The molecule has 3 aliphatic rings. The Bertz CT molecular complexity index is 1090. The molecule has 1 aliphatic heterocycles. The molecule has 3 atom stereocenters. The number of hydrogen-bond donors (Lipinski definition) is 2. The first kappa shape index (κ1) is 26.6. The van der Waals surface area contributed by atoms with Crippen LogP contribution in [0.25, 0.3) is 0 Å². The summed E-state index contributed by atoms with van der Waals surface area (Å²) in [4.78, 5) is 27.1. The highest BCUT2D eigenvalue weighted by Crippen LogP contribution is 2.43. The van der Waals surface area contributed by atoms with Crippen molar-refractivity contribution >= 4 is 27.7 Å². The van der Waals surface area contributed by atoms with Crippen molar-refractivity contribution in [2.24, 2.45) is 5.41 Å². The predicted molar refractivity (Wildman–Crippen MR) is 150 cm³/mol. The van der Waals surface area contributed by atoms with Gasteiger partial charge in [-0.05, 0) is 61.1 Å². The smallest absolute Gasteiger partial charge is 0.231 e. The predicted octanol–water partition coefficient (Wildman–Crippen LogP) is 4.77. The molecule has 1 aromatic heterocycles. The van der Waals surface area contributed by atoms with Gasteiger partial charge in [0.15, 0.2) is 0 Å². The van der Waals surface area contributed by atoms with Gasteiger partial charge in [-0.25, -0.2) is 9.97 Å². The second-order valence-corrected chi connectivity index (χ2v) is 12.8. The van der Waals surface area contributed by atoms with Crippen molar-refractivity contribution in [1.82, 2.24) is 20.2 Å². The maximum absolute atomic E-state index is 13.9. The lowest BCUT2D eigenvalue weighted by Gasteiger charge is -2.38. The normalized spacial score (nSPS) is 24.7. The molecule has 1 saturated carbocycles. The highest BCUT2D eigenvalue weighted by Gasteiger charge is 2.35. The van der Waals surface area contributed by atoms with Crippen LogP contribution in [0.4, 0.5) is 5.82 Å². The van der Waals surface area contributed by atoms with Gasteiger partial charge in [-0.1, -0.05) is 48.8 Å². The first-order chi connectivity index (χ1) is 17.7. The summed E-state index contributed by atoms with van der Waals surface area (Å²) in [5, 5.41) is 14.1. The molecule has 2 aliphatic carbocycles. The number of fused-ring (bicyclic) bond motifs is 1. The molecule has 1 amide bonds. The molecule has 2 fully saturated rings. The van der Waals surface area contributed by atoms with E-state index in [-0.39, 0.29) is 17.7 Å². The molecule has 1 saturated heterocycles. The molecule has 37 heavy (non-hydrogen) atoms. The Labute approximate surface area is 229 Å². The van der Waals surface area contributed by atoms with Gasteiger partial charge in [0.05, 0.1) is 17.7 Å². The Hall–Kier alpha value is -2.03. The lowest BCUT2D eigenvalue weighted by Crippen LogP contribution is -2.51. The minimum Gasteiger partial charge on any atom is -0.387 e. The number of halogens is 1. The van der Waals surface area contributed by atoms with Crippen LogP contribution in [0.15, 0.2) is 35.1 Å². The molecular formula is C29H40BrN5O2. The number of aromatic nitrogens is 2. The maximum Gasteiger partial charge on any atom is 0.231 e. The molecule has 1 unspecified atom stereocenters. The van der Waals surface area contributed by atoms with E-state index < -0.39 is 6.10 Å². The fourth-order valence-electron chi connectivity index (χ4n) is 6.24. The fraction of sp³-hybridized carbons (Fsp3) is 0.621. The average Bonchev–Trinajstić information content (AvgIpc) is 3.19. The van der Waals surface area contributed by atoms with Crippen LogP contribution in [0.1, 0.15) is 87.6 Å². The highest BCUT2D eigenvalue weighted by molar-refractivity contribution is 9.10. The summed E-state index contributed by atoms with van der Waals surface area (Å²) in [6.45, 7) is 10.3. The van der Waals surface area contributed by atoms with E-state index in [1.165, 1.54) is 25.7 Å². The standard InChI is InChI=1S/C29H40BrN5O2/c1-19-16-24(36)26-25(19)27(33-18-32-26)34-12-14-35(15-13-34)28(37)23(20-4-6-21(30)7-5-20)17-31-22-8-10-29(2,3)11-9-22/h4-7,18-19,22-24,31,36H,8-17H2,1-3H3/t19-,23?,24-/m1/s1. The van der Waals surface area contributed by atoms with E-state index in [9.17, 15) is 9.90 Å². The molecule has 0 bridgehead atoms. The van der Waals surface area contributed by atoms with Crippen LogP contribution in [-0.2, 0) is 4.79 Å². The van der Waals surface area contributed by atoms with Crippen molar-refractivity contribution in [1.29, 1.82) is 0 Å². The Morgan fingerprint density at radius 1 is 1.14 bits per heavy atom. The molecular weight excluding hydrogens is 530 g/mol. The number of amides is 1. The first-order valence-corrected chi connectivity index (χ1v) is 14.6. The van der Waals surface area contributed by atoms with Gasteiger partial charge in [-0.15, -0.1) is 0 Å². The fourth-order valence-corrected chi connectivity index (χ4v) is 6.51. The van der Waals surface area contributed by atoms with Gasteiger partial charge in [0, 0.05) is 48.8 Å². The van der Waals surface area contributed by atoms with Crippen LogP contribution < -0.4 is 10.2 Å². The number of carbonyl (C=O) groups is 1. The Morgan fingerprint density at radius 3 is 2.49 bits per heavy atom. The Balaban J connectivity index is 1.26. The summed E-state index contributed by atoms with van der Waals surface area (Å²) in [5.41, 5.74) is 3.33. The molecule has 2 aromatic rings. The summed E-state index contributed by atoms with van der Waals surface area (Å²) in [7, 11) is 0. The van der Waals surface area contributed by atoms with Crippen molar-refractivity contribution in [3.8, 4) is 0 Å². The lowest BCUT2D eigenvalue weighted by molar-refractivity contribution is -0.133. The topological polar surface area (TPSA) is 81.6 Å². The molecule has 2 N–H and O–H groups in total. The zero-order chi connectivity index (χ0) is 26.2. The second-order valence-electron chi connectivity index (χ2n) is 11.9.